The summed E-state index contributed by atoms with van der Waals surface area (Å²) in [5.41, 5.74) is 6.84. The summed E-state index contributed by atoms with van der Waals surface area (Å²) in [5, 5.41) is 28.6. The summed E-state index contributed by atoms with van der Waals surface area (Å²) in [7, 11) is 0. The normalized spacial score (nSPS) is 23.2. The Hall–Kier alpha value is -1.68. The number of hydrogen-bond acceptors (Lipinski definition) is 8. The monoisotopic (exact) mass is 609 g/mol. The van der Waals surface area contributed by atoms with Crippen LogP contribution >= 0.6 is 39.1 Å². The minimum atomic E-state index is -5.08. The molecule has 1 aliphatic rings. The molecule has 3 rings (SSSR count). The molecule has 0 saturated carbocycles. The van der Waals surface area contributed by atoms with Gasteiger partial charge in [-0.05, 0) is 34.0 Å². The summed E-state index contributed by atoms with van der Waals surface area (Å²) in [6, 6.07) is 2.40. The number of hydrogen-bond donors (Lipinski definition) is 4. The van der Waals surface area contributed by atoms with Gasteiger partial charge in [-0.1, -0.05) is 37.0 Å². The number of carboxylic acids is 1. The SMILES string of the molecule is CC(C)[C@H](N)C(=O)OC[C@H]1O[C@@H](n2c(Br)nc3cc(Cl)c(Cl)cc32)[C@H](O)[C@@H]1O.O=C(O)C(F)(F)F. The first kappa shape index (κ1) is 29.5. The molecule has 16 heteroatoms. The van der Waals surface area contributed by atoms with Crippen molar-refractivity contribution in [2.45, 2.75) is 50.6 Å². The van der Waals surface area contributed by atoms with Crippen molar-refractivity contribution in [1.29, 1.82) is 0 Å². The number of fused-ring (bicyclic) bond motifs is 1. The van der Waals surface area contributed by atoms with Crippen LogP contribution in [0.1, 0.15) is 20.1 Å². The first-order chi connectivity index (χ1) is 16.1. The van der Waals surface area contributed by atoms with Crippen molar-refractivity contribution in [3.63, 3.8) is 0 Å². The van der Waals surface area contributed by atoms with Gasteiger partial charge in [0.25, 0.3) is 0 Å². The van der Waals surface area contributed by atoms with E-state index in [0.717, 1.165) is 0 Å². The number of esters is 1. The second-order valence-corrected chi connectivity index (χ2v) is 9.28. The lowest BCUT2D eigenvalue weighted by molar-refractivity contribution is -0.192. The summed E-state index contributed by atoms with van der Waals surface area (Å²) >= 11 is 15.4. The topological polar surface area (TPSA) is 157 Å². The molecule has 0 radical (unpaired) electrons. The molecule has 196 valence electrons. The summed E-state index contributed by atoms with van der Waals surface area (Å²) in [6.07, 6.45) is -9.56. The fraction of sp³-hybridized carbons (Fsp3) is 0.526. The number of aliphatic hydroxyl groups is 2. The number of aromatic nitrogens is 2. The number of carbonyl (C=O) groups excluding carboxylic acids is 1. The molecule has 0 unspecified atom stereocenters. The van der Waals surface area contributed by atoms with Crippen molar-refractivity contribution in [3.8, 4) is 0 Å². The molecule has 1 saturated heterocycles. The number of halogens is 6. The van der Waals surface area contributed by atoms with E-state index < -0.39 is 48.7 Å². The largest absolute Gasteiger partial charge is 0.490 e. The Morgan fingerprint density at radius 2 is 1.80 bits per heavy atom. The van der Waals surface area contributed by atoms with Crippen LogP contribution in [0.3, 0.4) is 0 Å². The van der Waals surface area contributed by atoms with Gasteiger partial charge >= 0.3 is 18.1 Å². The van der Waals surface area contributed by atoms with Crippen LogP contribution in [0, 0.1) is 5.92 Å². The predicted octanol–water partition coefficient (Wildman–Crippen LogP) is 2.88. The highest BCUT2D eigenvalue weighted by Gasteiger charge is 2.45. The van der Waals surface area contributed by atoms with Crippen LogP contribution in [0.4, 0.5) is 13.2 Å². The Balaban J connectivity index is 0.000000540. The van der Waals surface area contributed by atoms with Crippen LogP contribution in [0.5, 0.6) is 0 Å². The average Bonchev–Trinajstić information content (AvgIpc) is 3.20. The van der Waals surface area contributed by atoms with E-state index in [2.05, 4.69) is 20.9 Å². The number of nitrogens with zero attached hydrogens (tertiary/aromatic N) is 2. The van der Waals surface area contributed by atoms with Crippen molar-refractivity contribution in [2.24, 2.45) is 11.7 Å². The molecule has 35 heavy (non-hydrogen) atoms. The van der Waals surface area contributed by atoms with E-state index in [0.29, 0.717) is 25.8 Å². The van der Waals surface area contributed by atoms with Gasteiger partial charge in [-0.15, -0.1) is 0 Å². The van der Waals surface area contributed by atoms with Crippen LogP contribution < -0.4 is 5.73 Å². The Bertz CT molecular complexity index is 1090. The zero-order valence-electron chi connectivity index (χ0n) is 18.0. The summed E-state index contributed by atoms with van der Waals surface area (Å²) in [6.45, 7) is 3.35. The third-order valence-electron chi connectivity index (χ3n) is 4.90. The molecule has 1 aromatic heterocycles. The van der Waals surface area contributed by atoms with Gasteiger partial charge in [0.05, 0.1) is 21.1 Å². The minimum absolute atomic E-state index is 0.0925. The molecule has 0 spiro atoms. The number of carboxylic acid groups (broad SMARTS) is 1. The standard InChI is InChI=1S/C17H20BrCl2N3O5.C2HF3O2/c1-6(2)12(21)16(26)27-5-11-13(24)14(25)15(28-11)23-10-4-8(20)7(19)3-9(10)22-17(23)18;3-2(4,5)1(6)7/h3-4,6,11-15,24-25H,5,21H2,1-2H3;(H,6,7)/t11-,12+,13-,14-,15-;/m1./s1. The van der Waals surface area contributed by atoms with Gasteiger partial charge in [0.1, 0.15) is 31.0 Å². The number of aliphatic carboxylic acids is 1. The van der Waals surface area contributed by atoms with Crippen LogP contribution in [-0.2, 0) is 19.1 Å². The van der Waals surface area contributed by atoms with Crippen molar-refractivity contribution >= 4 is 62.1 Å². The number of ether oxygens (including phenoxy) is 2. The van der Waals surface area contributed by atoms with Crippen LogP contribution in [0.15, 0.2) is 16.9 Å². The Kier molecular flexibility index (Phi) is 9.78. The molecule has 1 aromatic carbocycles. The summed E-state index contributed by atoms with van der Waals surface area (Å²) in [5.74, 6) is -3.45. The van der Waals surface area contributed by atoms with Crippen molar-refractivity contribution in [2.75, 3.05) is 6.61 Å². The van der Waals surface area contributed by atoms with Gasteiger partial charge in [0.2, 0.25) is 0 Å². The number of rotatable bonds is 5. The van der Waals surface area contributed by atoms with Crippen molar-refractivity contribution < 1.29 is 47.6 Å². The third-order valence-corrected chi connectivity index (χ3v) is 6.18. The van der Waals surface area contributed by atoms with Gasteiger partial charge in [-0.3, -0.25) is 9.36 Å². The van der Waals surface area contributed by atoms with Crippen molar-refractivity contribution in [1.82, 2.24) is 9.55 Å². The first-order valence-electron chi connectivity index (χ1n) is 9.82. The zero-order valence-corrected chi connectivity index (χ0v) is 21.1. The highest BCUT2D eigenvalue weighted by molar-refractivity contribution is 9.10. The molecule has 1 fully saturated rings. The maximum absolute atomic E-state index is 11.9. The van der Waals surface area contributed by atoms with E-state index in [1.807, 2.05) is 0 Å². The number of aliphatic hydroxyl groups excluding tert-OH is 2. The minimum Gasteiger partial charge on any atom is -0.475 e. The molecule has 5 N–H and O–H groups in total. The van der Waals surface area contributed by atoms with E-state index >= 15 is 0 Å². The molecule has 10 nitrogen and oxygen atoms in total. The summed E-state index contributed by atoms with van der Waals surface area (Å²) in [4.78, 5) is 25.2. The molecule has 2 aromatic rings. The fourth-order valence-electron chi connectivity index (χ4n) is 2.92. The molecule has 1 aliphatic heterocycles. The maximum Gasteiger partial charge on any atom is 0.490 e. The van der Waals surface area contributed by atoms with Gasteiger partial charge in [-0.2, -0.15) is 13.2 Å². The number of carbonyl (C=O) groups is 2. The Labute approximate surface area is 214 Å². The smallest absolute Gasteiger partial charge is 0.475 e. The predicted molar refractivity (Wildman–Crippen MR) is 121 cm³/mol. The van der Waals surface area contributed by atoms with E-state index in [-0.39, 0.29) is 12.5 Å². The third kappa shape index (κ3) is 6.96. The quantitative estimate of drug-likeness (QED) is 0.374. The second-order valence-electron chi connectivity index (χ2n) is 7.75. The highest BCUT2D eigenvalue weighted by Crippen LogP contribution is 2.37. The number of nitrogens with two attached hydrogens (primary N) is 1. The average molecular weight is 611 g/mol. The van der Waals surface area contributed by atoms with E-state index in [9.17, 15) is 28.2 Å². The van der Waals surface area contributed by atoms with Gasteiger partial charge in [0.15, 0.2) is 11.0 Å². The molecule has 2 heterocycles. The Morgan fingerprint density at radius 1 is 1.26 bits per heavy atom. The molecular weight excluding hydrogens is 590 g/mol. The maximum atomic E-state index is 11.9. The van der Waals surface area contributed by atoms with Crippen LogP contribution in [0.2, 0.25) is 10.0 Å². The van der Waals surface area contributed by atoms with Crippen molar-refractivity contribution in [3.05, 3.63) is 26.9 Å². The molecule has 0 aliphatic carbocycles. The lowest BCUT2D eigenvalue weighted by Gasteiger charge is -2.19. The number of imidazole rings is 1. The molecular formula is C19H21BrCl2F3N3O7. The number of benzene rings is 1. The van der Waals surface area contributed by atoms with Crippen LogP contribution in [-0.4, -0.2) is 73.9 Å². The highest BCUT2D eigenvalue weighted by atomic mass is 79.9. The van der Waals surface area contributed by atoms with Gasteiger partial charge < -0.3 is 30.5 Å². The van der Waals surface area contributed by atoms with E-state index in [4.69, 9.17) is 48.3 Å². The zero-order chi connectivity index (χ0) is 26.8. The second kappa shape index (κ2) is 11.6. The summed E-state index contributed by atoms with van der Waals surface area (Å²) < 4.78 is 44.6. The molecule has 0 amide bonds. The van der Waals surface area contributed by atoms with E-state index in [1.165, 1.54) is 0 Å². The fourth-order valence-corrected chi connectivity index (χ4v) is 3.82. The van der Waals surface area contributed by atoms with E-state index in [1.54, 1.807) is 30.5 Å². The number of alkyl halides is 3. The lowest BCUT2D eigenvalue weighted by Crippen LogP contribution is -2.40. The first-order valence-corrected chi connectivity index (χ1v) is 11.4. The Morgan fingerprint density at radius 3 is 2.31 bits per heavy atom. The molecule has 5 atom stereocenters. The van der Waals surface area contributed by atoms with Gasteiger partial charge in [0, 0.05) is 0 Å². The lowest BCUT2D eigenvalue weighted by atomic mass is 10.1. The molecule has 0 bridgehead atoms. The van der Waals surface area contributed by atoms with Gasteiger partial charge in [-0.25, -0.2) is 9.78 Å². The van der Waals surface area contributed by atoms with Crippen LogP contribution in [0.25, 0.3) is 11.0 Å².